The van der Waals surface area contributed by atoms with Crippen LogP contribution in [0.1, 0.15) is 28.7 Å². The Hall–Kier alpha value is -3.99. The smallest absolute Gasteiger partial charge is 0.329 e. The van der Waals surface area contributed by atoms with Gasteiger partial charge in [-0.1, -0.05) is 41.4 Å². The Kier molecular flexibility index (Phi) is 7.37. The van der Waals surface area contributed by atoms with Gasteiger partial charge in [0.1, 0.15) is 24.1 Å². The molecule has 0 unspecified atom stereocenters. The van der Waals surface area contributed by atoms with Gasteiger partial charge >= 0.3 is 6.03 Å². The number of anilines is 1. The van der Waals surface area contributed by atoms with Gasteiger partial charge in [-0.05, 0) is 29.3 Å². The molecule has 1 saturated heterocycles. The third kappa shape index (κ3) is 5.50. The number of hydrogen-bond donors (Lipinski definition) is 1. The molecule has 0 spiro atoms. The Labute approximate surface area is 245 Å². The largest absolute Gasteiger partial charge is 0.473 e. The van der Waals surface area contributed by atoms with E-state index in [1.807, 2.05) is 17.7 Å². The topological polar surface area (TPSA) is 92.6 Å². The number of imide groups is 1. The molecule has 0 bridgehead atoms. The van der Waals surface area contributed by atoms with Crippen molar-refractivity contribution in [2.24, 2.45) is 7.05 Å². The van der Waals surface area contributed by atoms with Crippen LogP contribution in [0.5, 0.6) is 5.88 Å². The van der Waals surface area contributed by atoms with E-state index in [-0.39, 0.29) is 30.4 Å². The number of rotatable bonds is 7. The summed E-state index contributed by atoms with van der Waals surface area (Å²) in [6, 6.07) is 11.9. The summed E-state index contributed by atoms with van der Waals surface area (Å²) >= 11 is 12.6. The van der Waals surface area contributed by atoms with Crippen LogP contribution in [0.3, 0.4) is 0 Å². The standard InChI is InChI=1S/C29H25Cl2FN6O3/c1-36-27(38-8-7-25(39)35-29(38)40)12-34-28(36)17-5-6-18-13-37(14-19(18)9-17)15-20-11-33-26(10-23(20)31)41-16-21-22(30)3-2-4-24(21)32/h2-6,9-12H,7-8,13-16H2,1H3,(H,35,39,40). The van der Waals surface area contributed by atoms with Crippen molar-refractivity contribution in [2.45, 2.75) is 32.7 Å². The Morgan fingerprint density at radius 3 is 2.63 bits per heavy atom. The van der Waals surface area contributed by atoms with Crippen LogP contribution in [0.15, 0.2) is 54.9 Å². The number of hydrogen-bond acceptors (Lipinski definition) is 6. The highest BCUT2D eigenvalue weighted by Gasteiger charge is 2.28. The number of fused-ring (bicyclic) bond motifs is 1. The fourth-order valence-electron chi connectivity index (χ4n) is 5.11. The molecule has 0 saturated carbocycles. The number of carbonyl (C=O) groups is 2. The lowest BCUT2D eigenvalue weighted by atomic mass is 10.1. The van der Waals surface area contributed by atoms with Crippen molar-refractivity contribution >= 4 is 41.0 Å². The van der Waals surface area contributed by atoms with E-state index in [1.165, 1.54) is 22.1 Å². The predicted molar refractivity (Wildman–Crippen MR) is 152 cm³/mol. The minimum atomic E-state index is -0.442. The molecule has 2 aliphatic rings. The van der Waals surface area contributed by atoms with E-state index in [9.17, 15) is 14.0 Å². The van der Waals surface area contributed by atoms with Crippen LogP contribution in [-0.2, 0) is 38.1 Å². The second-order valence-electron chi connectivity index (χ2n) is 9.99. The first-order valence-electron chi connectivity index (χ1n) is 12.9. The number of aromatic nitrogens is 3. The number of benzene rings is 2. The molecule has 2 aromatic carbocycles. The van der Waals surface area contributed by atoms with E-state index in [1.54, 1.807) is 30.6 Å². The van der Waals surface area contributed by atoms with Crippen LogP contribution in [0.25, 0.3) is 11.4 Å². The molecule has 2 aromatic heterocycles. The zero-order valence-corrected chi connectivity index (χ0v) is 23.5. The molecule has 2 aliphatic heterocycles. The second-order valence-corrected chi connectivity index (χ2v) is 10.8. The van der Waals surface area contributed by atoms with E-state index in [4.69, 9.17) is 27.9 Å². The zero-order valence-electron chi connectivity index (χ0n) is 22.0. The summed E-state index contributed by atoms with van der Waals surface area (Å²) in [6.07, 6.45) is 3.57. The van der Waals surface area contributed by atoms with E-state index in [2.05, 4.69) is 32.3 Å². The molecule has 1 fully saturated rings. The fourth-order valence-corrected chi connectivity index (χ4v) is 5.53. The van der Waals surface area contributed by atoms with Crippen molar-refractivity contribution in [1.82, 2.24) is 24.8 Å². The third-order valence-corrected chi connectivity index (χ3v) is 7.98. The first-order valence-corrected chi connectivity index (χ1v) is 13.7. The Morgan fingerprint density at radius 1 is 1.02 bits per heavy atom. The van der Waals surface area contributed by atoms with Crippen molar-refractivity contribution in [3.05, 3.63) is 93.0 Å². The van der Waals surface area contributed by atoms with Gasteiger partial charge in [-0.15, -0.1) is 0 Å². The average molecular weight is 595 g/mol. The Morgan fingerprint density at radius 2 is 1.85 bits per heavy atom. The molecular formula is C29H25Cl2FN6O3. The molecule has 210 valence electrons. The van der Waals surface area contributed by atoms with Gasteiger partial charge in [0.05, 0.1) is 16.2 Å². The van der Waals surface area contributed by atoms with Gasteiger partial charge in [0.2, 0.25) is 11.8 Å². The molecule has 4 aromatic rings. The van der Waals surface area contributed by atoms with Crippen LogP contribution in [0, 0.1) is 5.82 Å². The molecule has 0 aliphatic carbocycles. The number of halogens is 3. The molecular weight excluding hydrogens is 570 g/mol. The molecule has 4 heterocycles. The maximum Gasteiger partial charge on any atom is 0.329 e. The molecule has 3 amide bonds. The first-order chi connectivity index (χ1) is 19.8. The van der Waals surface area contributed by atoms with Gasteiger partial charge in [0.25, 0.3) is 0 Å². The molecule has 9 nitrogen and oxygen atoms in total. The van der Waals surface area contributed by atoms with Gasteiger partial charge in [0.15, 0.2) is 0 Å². The van der Waals surface area contributed by atoms with Gasteiger partial charge in [-0.2, -0.15) is 0 Å². The van der Waals surface area contributed by atoms with Crippen LogP contribution in [0.4, 0.5) is 15.0 Å². The first kappa shape index (κ1) is 27.2. The Balaban J connectivity index is 1.12. The number of nitrogens with zero attached hydrogens (tertiary/aromatic N) is 5. The summed E-state index contributed by atoms with van der Waals surface area (Å²) in [7, 11) is 1.86. The van der Waals surface area contributed by atoms with Crippen molar-refractivity contribution in [3.8, 4) is 17.3 Å². The van der Waals surface area contributed by atoms with Crippen LogP contribution < -0.4 is 15.0 Å². The highest BCUT2D eigenvalue weighted by atomic mass is 35.5. The average Bonchev–Trinajstić information content (AvgIpc) is 3.52. The SMILES string of the molecule is Cn1c(N2CCC(=O)NC2=O)cnc1-c1ccc2c(c1)CN(Cc1cnc(OCc3c(F)cccc3Cl)cc1Cl)C2. The normalized spacial score (nSPS) is 15.3. The van der Waals surface area contributed by atoms with Crippen molar-refractivity contribution in [1.29, 1.82) is 0 Å². The number of pyridine rings is 1. The molecule has 0 radical (unpaired) electrons. The highest BCUT2D eigenvalue weighted by Crippen LogP contribution is 2.32. The number of ether oxygens (including phenoxy) is 1. The van der Waals surface area contributed by atoms with Crippen LogP contribution >= 0.6 is 23.2 Å². The summed E-state index contributed by atoms with van der Waals surface area (Å²) in [5.41, 5.74) is 4.44. The minimum Gasteiger partial charge on any atom is -0.473 e. The van der Waals surface area contributed by atoms with Crippen LogP contribution in [0.2, 0.25) is 10.0 Å². The van der Waals surface area contributed by atoms with E-state index in [0.717, 1.165) is 30.0 Å². The van der Waals surface area contributed by atoms with Gasteiger partial charge in [0, 0.05) is 68.6 Å². The van der Waals surface area contributed by atoms with Gasteiger partial charge < -0.3 is 9.30 Å². The molecule has 12 heteroatoms. The molecule has 0 atom stereocenters. The monoisotopic (exact) mass is 594 g/mol. The molecule has 41 heavy (non-hydrogen) atoms. The summed E-state index contributed by atoms with van der Waals surface area (Å²) in [5, 5.41) is 3.15. The predicted octanol–water partition coefficient (Wildman–Crippen LogP) is 5.47. The number of imidazole rings is 1. The maximum absolute atomic E-state index is 14.0. The van der Waals surface area contributed by atoms with E-state index < -0.39 is 11.8 Å². The Bertz CT molecular complexity index is 1660. The van der Waals surface area contributed by atoms with Crippen molar-refractivity contribution in [2.75, 3.05) is 11.4 Å². The van der Waals surface area contributed by atoms with Gasteiger partial charge in [-0.25, -0.2) is 19.2 Å². The maximum atomic E-state index is 14.0. The summed E-state index contributed by atoms with van der Waals surface area (Å²) in [6.45, 7) is 2.32. The second kappa shape index (κ2) is 11.1. The summed E-state index contributed by atoms with van der Waals surface area (Å²) < 4.78 is 21.5. The fraction of sp³-hybridized carbons (Fsp3) is 0.241. The van der Waals surface area contributed by atoms with Gasteiger partial charge in [-0.3, -0.25) is 19.9 Å². The number of urea groups is 1. The lowest BCUT2D eigenvalue weighted by Gasteiger charge is -2.26. The number of carbonyl (C=O) groups excluding carboxylic acids is 2. The summed E-state index contributed by atoms with van der Waals surface area (Å²) in [5.74, 6) is 0.926. The summed E-state index contributed by atoms with van der Waals surface area (Å²) in [4.78, 5) is 36.5. The highest BCUT2D eigenvalue weighted by molar-refractivity contribution is 6.31. The zero-order chi connectivity index (χ0) is 28.7. The van der Waals surface area contributed by atoms with E-state index in [0.29, 0.717) is 29.0 Å². The minimum absolute atomic E-state index is 0.0552. The number of nitrogens with one attached hydrogen (secondary N) is 1. The molecule has 6 rings (SSSR count). The number of amides is 3. The quantitative estimate of drug-likeness (QED) is 0.305. The van der Waals surface area contributed by atoms with Crippen LogP contribution in [-0.4, -0.2) is 37.9 Å². The third-order valence-electron chi connectivity index (χ3n) is 7.27. The molecule has 1 N–H and O–H groups in total. The van der Waals surface area contributed by atoms with Crippen molar-refractivity contribution < 1.29 is 18.7 Å². The lowest BCUT2D eigenvalue weighted by Crippen LogP contribution is -2.50. The van der Waals surface area contributed by atoms with Crippen molar-refractivity contribution in [3.63, 3.8) is 0 Å². The van der Waals surface area contributed by atoms with E-state index >= 15 is 0 Å². The lowest BCUT2D eigenvalue weighted by molar-refractivity contribution is -0.120.